The van der Waals surface area contributed by atoms with E-state index in [4.69, 9.17) is 5.11 Å². The molecule has 0 bridgehead atoms. The van der Waals surface area contributed by atoms with Crippen molar-refractivity contribution in [3.8, 4) is 0 Å². The number of carboxylic acid groups (broad SMARTS) is 1. The second kappa shape index (κ2) is 6.33. The van der Waals surface area contributed by atoms with Gasteiger partial charge < -0.3 is 10.4 Å². The number of benzene rings is 1. The molecule has 2 N–H and O–H groups in total. The Labute approximate surface area is 116 Å². The SMILES string of the molecule is CCc1ccc(Nc2nc(CCC(=O)O)cs2)cc1. The first-order valence-electron chi connectivity index (χ1n) is 6.19. The molecule has 0 saturated carbocycles. The largest absolute Gasteiger partial charge is 0.481 e. The molecule has 19 heavy (non-hydrogen) atoms. The second-order valence-corrected chi connectivity index (χ2v) is 5.07. The molecular weight excluding hydrogens is 260 g/mol. The molecule has 1 heterocycles. The van der Waals surface area contributed by atoms with Crippen LogP contribution in [0.3, 0.4) is 0 Å². The number of aliphatic carboxylic acids is 1. The topological polar surface area (TPSA) is 62.2 Å². The number of nitrogens with one attached hydrogen (secondary N) is 1. The van der Waals surface area contributed by atoms with Gasteiger partial charge in [-0.05, 0) is 24.1 Å². The summed E-state index contributed by atoms with van der Waals surface area (Å²) in [4.78, 5) is 14.9. The van der Waals surface area contributed by atoms with Crippen LogP contribution in [0.5, 0.6) is 0 Å². The van der Waals surface area contributed by atoms with Crippen molar-refractivity contribution < 1.29 is 9.90 Å². The summed E-state index contributed by atoms with van der Waals surface area (Å²) in [5.41, 5.74) is 3.11. The highest BCUT2D eigenvalue weighted by atomic mass is 32.1. The van der Waals surface area contributed by atoms with Crippen molar-refractivity contribution in [1.82, 2.24) is 4.98 Å². The lowest BCUT2D eigenvalue weighted by atomic mass is 10.1. The van der Waals surface area contributed by atoms with Gasteiger partial charge >= 0.3 is 5.97 Å². The minimum absolute atomic E-state index is 0.119. The van der Waals surface area contributed by atoms with Gasteiger partial charge in [0.25, 0.3) is 0 Å². The maximum atomic E-state index is 10.5. The van der Waals surface area contributed by atoms with Crippen LogP contribution < -0.4 is 5.32 Å². The Morgan fingerprint density at radius 3 is 2.74 bits per heavy atom. The lowest BCUT2D eigenvalue weighted by Crippen LogP contribution is -1.98. The first-order chi connectivity index (χ1) is 9.17. The third-order valence-corrected chi connectivity index (χ3v) is 3.57. The normalized spacial score (nSPS) is 10.4. The van der Waals surface area contributed by atoms with Crippen molar-refractivity contribution in [3.05, 3.63) is 40.9 Å². The van der Waals surface area contributed by atoms with Crippen molar-refractivity contribution in [2.45, 2.75) is 26.2 Å². The summed E-state index contributed by atoms with van der Waals surface area (Å²) >= 11 is 1.49. The van der Waals surface area contributed by atoms with Gasteiger partial charge in [0.05, 0.1) is 12.1 Å². The van der Waals surface area contributed by atoms with Crippen LogP contribution in [0.1, 0.15) is 24.6 Å². The van der Waals surface area contributed by atoms with Crippen molar-refractivity contribution in [1.29, 1.82) is 0 Å². The Morgan fingerprint density at radius 1 is 1.37 bits per heavy atom. The summed E-state index contributed by atoms with van der Waals surface area (Å²) in [6, 6.07) is 8.22. The van der Waals surface area contributed by atoms with E-state index in [0.29, 0.717) is 6.42 Å². The molecule has 0 aliphatic carbocycles. The number of aromatic nitrogens is 1. The second-order valence-electron chi connectivity index (χ2n) is 4.21. The Morgan fingerprint density at radius 2 is 2.11 bits per heavy atom. The van der Waals surface area contributed by atoms with Crippen LogP contribution in [-0.4, -0.2) is 16.1 Å². The van der Waals surface area contributed by atoms with Crippen LogP contribution in [0.25, 0.3) is 0 Å². The molecule has 0 atom stereocenters. The Hall–Kier alpha value is -1.88. The van der Waals surface area contributed by atoms with Crippen molar-refractivity contribution >= 4 is 28.1 Å². The maximum Gasteiger partial charge on any atom is 0.303 e. The average molecular weight is 276 g/mol. The molecular formula is C14H16N2O2S. The van der Waals surface area contributed by atoms with Crippen LogP contribution in [0.15, 0.2) is 29.6 Å². The predicted molar refractivity (Wildman–Crippen MR) is 77.2 cm³/mol. The number of hydrogen-bond acceptors (Lipinski definition) is 4. The molecule has 0 aliphatic rings. The molecule has 0 unspecified atom stereocenters. The minimum Gasteiger partial charge on any atom is -0.481 e. The molecule has 0 fully saturated rings. The summed E-state index contributed by atoms with van der Waals surface area (Å²) < 4.78 is 0. The molecule has 0 radical (unpaired) electrons. The lowest BCUT2D eigenvalue weighted by molar-refractivity contribution is -0.136. The molecule has 5 heteroatoms. The number of hydrogen-bond donors (Lipinski definition) is 2. The number of nitrogens with zero attached hydrogens (tertiary/aromatic N) is 1. The van der Waals surface area contributed by atoms with Crippen molar-refractivity contribution in [2.75, 3.05) is 5.32 Å². The van der Waals surface area contributed by atoms with E-state index in [-0.39, 0.29) is 6.42 Å². The van der Waals surface area contributed by atoms with Gasteiger partial charge in [-0.15, -0.1) is 11.3 Å². The lowest BCUT2D eigenvalue weighted by Gasteiger charge is -2.03. The first kappa shape index (κ1) is 13.5. The minimum atomic E-state index is -0.794. The molecule has 1 aromatic carbocycles. The highest BCUT2D eigenvalue weighted by molar-refractivity contribution is 7.13. The van der Waals surface area contributed by atoms with E-state index < -0.39 is 5.97 Å². The van der Waals surface area contributed by atoms with Gasteiger partial charge in [0.1, 0.15) is 0 Å². The van der Waals surface area contributed by atoms with Gasteiger partial charge in [0, 0.05) is 17.5 Å². The molecule has 2 aromatic rings. The van der Waals surface area contributed by atoms with Crippen molar-refractivity contribution in [2.24, 2.45) is 0 Å². The van der Waals surface area contributed by atoms with E-state index >= 15 is 0 Å². The summed E-state index contributed by atoms with van der Waals surface area (Å²) in [7, 11) is 0. The Kier molecular flexibility index (Phi) is 4.52. The molecule has 0 amide bonds. The average Bonchev–Trinajstić information content (AvgIpc) is 2.85. The molecule has 100 valence electrons. The summed E-state index contributed by atoms with van der Waals surface area (Å²) in [6.45, 7) is 2.12. The monoisotopic (exact) mass is 276 g/mol. The van der Waals surface area contributed by atoms with E-state index in [0.717, 1.165) is 22.9 Å². The van der Waals surface area contributed by atoms with E-state index in [1.54, 1.807) is 0 Å². The molecule has 0 aliphatic heterocycles. The van der Waals surface area contributed by atoms with E-state index in [9.17, 15) is 4.79 Å². The van der Waals surface area contributed by atoms with Crippen LogP contribution in [0.4, 0.5) is 10.8 Å². The molecule has 2 rings (SSSR count). The smallest absolute Gasteiger partial charge is 0.303 e. The number of aryl methyl sites for hydroxylation is 2. The van der Waals surface area contributed by atoms with Gasteiger partial charge in [-0.1, -0.05) is 19.1 Å². The maximum absolute atomic E-state index is 10.5. The fourth-order valence-electron chi connectivity index (χ4n) is 1.66. The molecule has 0 saturated heterocycles. The zero-order valence-corrected chi connectivity index (χ0v) is 11.5. The summed E-state index contributed by atoms with van der Waals surface area (Å²) in [6.07, 6.45) is 1.62. The molecule has 4 nitrogen and oxygen atoms in total. The standard InChI is InChI=1S/C14H16N2O2S/c1-2-10-3-5-11(6-4-10)15-14-16-12(9-19-14)7-8-13(17)18/h3-6,9H,2,7-8H2,1H3,(H,15,16)(H,17,18). The van der Waals surface area contributed by atoms with E-state index in [2.05, 4.69) is 29.4 Å². The van der Waals surface area contributed by atoms with Gasteiger partial charge in [-0.25, -0.2) is 4.98 Å². The number of rotatable bonds is 6. The zero-order valence-electron chi connectivity index (χ0n) is 10.7. The summed E-state index contributed by atoms with van der Waals surface area (Å²) in [5.74, 6) is -0.794. The molecule has 0 spiro atoms. The third kappa shape index (κ3) is 4.06. The van der Waals surface area contributed by atoms with Crippen LogP contribution in [-0.2, 0) is 17.6 Å². The van der Waals surface area contributed by atoms with Gasteiger partial charge in [-0.3, -0.25) is 4.79 Å². The number of anilines is 2. The van der Waals surface area contributed by atoms with Gasteiger partial charge in [0.2, 0.25) is 0 Å². The van der Waals surface area contributed by atoms with Crippen LogP contribution >= 0.6 is 11.3 Å². The first-order valence-corrected chi connectivity index (χ1v) is 7.07. The highest BCUT2D eigenvalue weighted by Crippen LogP contribution is 2.22. The van der Waals surface area contributed by atoms with Gasteiger partial charge in [-0.2, -0.15) is 0 Å². The van der Waals surface area contributed by atoms with Crippen molar-refractivity contribution in [3.63, 3.8) is 0 Å². The zero-order chi connectivity index (χ0) is 13.7. The summed E-state index contributed by atoms with van der Waals surface area (Å²) in [5, 5.41) is 14.5. The fourth-order valence-corrected chi connectivity index (χ4v) is 2.43. The molecule has 1 aromatic heterocycles. The Bertz CT molecular complexity index is 549. The van der Waals surface area contributed by atoms with E-state index in [1.807, 2.05) is 17.5 Å². The van der Waals surface area contributed by atoms with Crippen LogP contribution in [0.2, 0.25) is 0 Å². The Balaban J connectivity index is 1.96. The highest BCUT2D eigenvalue weighted by Gasteiger charge is 2.05. The third-order valence-electron chi connectivity index (χ3n) is 2.76. The predicted octanol–water partition coefficient (Wildman–Crippen LogP) is 3.47. The van der Waals surface area contributed by atoms with Gasteiger partial charge in [0.15, 0.2) is 5.13 Å². The quantitative estimate of drug-likeness (QED) is 0.848. The number of thiazole rings is 1. The fraction of sp³-hybridized carbons (Fsp3) is 0.286. The van der Waals surface area contributed by atoms with E-state index in [1.165, 1.54) is 16.9 Å². The number of carboxylic acids is 1. The van der Waals surface area contributed by atoms with Crippen LogP contribution in [0, 0.1) is 0 Å². The number of carbonyl (C=O) groups is 1.